The summed E-state index contributed by atoms with van der Waals surface area (Å²) in [5.41, 5.74) is 7.48. The molecule has 0 aliphatic carbocycles. The predicted molar refractivity (Wildman–Crippen MR) is 117 cm³/mol. The molecule has 0 saturated carbocycles. The molecule has 7 heteroatoms. The molecular formula is C18H29IN4OS. The second-order valence-electron chi connectivity index (χ2n) is 6.30. The fraction of sp³-hybridized carbons (Fsp3) is 0.611. The predicted octanol–water partition coefficient (Wildman–Crippen LogP) is 2.81. The molecular weight excluding hydrogens is 447 g/mol. The highest BCUT2D eigenvalue weighted by atomic mass is 127. The van der Waals surface area contributed by atoms with Crippen molar-refractivity contribution in [2.75, 3.05) is 51.3 Å². The smallest absolute Gasteiger partial charge is 0.191 e. The molecule has 1 unspecified atom stereocenters. The maximum Gasteiger partial charge on any atom is 0.191 e. The van der Waals surface area contributed by atoms with Crippen molar-refractivity contribution in [3.05, 3.63) is 29.8 Å². The molecule has 0 spiro atoms. The number of hydrogen-bond donors (Lipinski definition) is 1. The van der Waals surface area contributed by atoms with Crippen LogP contribution in [0.2, 0.25) is 0 Å². The number of rotatable bonds is 5. The fourth-order valence-corrected chi connectivity index (χ4v) is 4.38. The first-order valence-electron chi connectivity index (χ1n) is 8.79. The first kappa shape index (κ1) is 20.6. The maximum absolute atomic E-state index is 6.26. The molecule has 2 fully saturated rings. The molecule has 1 aromatic carbocycles. The third-order valence-electron chi connectivity index (χ3n) is 4.84. The zero-order valence-corrected chi connectivity index (χ0v) is 18.0. The van der Waals surface area contributed by atoms with Crippen LogP contribution in [0.5, 0.6) is 5.75 Å². The highest BCUT2D eigenvalue weighted by Crippen LogP contribution is 2.31. The Morgan fingerprint density at radius 1 is 1.20 bits per heavy atom. The Kier molecular flexibility index (Phi) is 8.65. The van der Waals surface area contributed by atoms with E-state index < -0.39 is 0 Å². The Morgan fingerprint density at radius 3 is 2.56 bits per heavy atom. The van der Waals surface area contributed by atoms with E-state index >= 15 is 0 Å². The van der Waals surface area contributed by atoms with Gasteiger partial charge in [0.15, 0.2) is 5.96 Å². The first-order chi connectivity index (χ1) is 11.8. The monoisotopic (exact) mass is 476 g/mol. The van der Waals surface area contributed by atoms with E-state index in [1.54, 1.807) is 7.11 Å². The minimum absolute atomic E-state index is 0. The van der Waals surface area contributed by atoms with Gasteiger partial charge in [0.05, 0.1) is 19.7 Å². The van der Waals surface area contributed by atoms with E-state index in [4.69, 9.17) is 15.5 Å². The number of thioether (sulfide) groups is 1. The van der Waals surface area contributed by atoms with Crippen molar-refractivity contribution in [2.24, 2.45) is 10.7 Å². The third kappa shape index (κ3) is 5.40. The Bertz CT molecular complexity index is 560. The summed E-state index contributed by atoms with van der Waals surface area (Å²) >= 11 is 1.99. The van der Waals surface area contributed by atoms with E-state index in [9.17, 15) is 0 Å². The summed E-state index contributed by atoms with van der Waals surface area (Å²) in [6.07, 6.45) is 2.52. The largest absolute Gasteiger partial charge is 0.496 e. The minimum atomic E-state index is 0. The number of aliphatic imine (C=N–C) groups is 1. The van der Waals surface area contributed by atoms with E-state index in [0.717, 1.165) is 43.4 Å². The summed E-state index contributed by atoms with van der Waals surface area (Å²) in [4.78, 5) is 9.48. The van der Waals surface area contributed by atoms with Crippen LogP contribution in [0, 0.1) is 0 Å². The molecule has 2 saturated heterocycles. The lowest BCUT2D eigenvalue weighted by Gasteiger charge is -2.30. The van der Waals surface area contributed by atoms with Crippen LogP contribution in [-0.2, 0) is 0 Å². The van der Waals surface area contributed by atoms with E-state index in [1.165, 1.54) is 18.4 Å². The number of guanidine groups is 1. The summed E-state index contributed by atoms with van der Waals surface area (Å²) in [5, 5.41) is 0. The third-order valence-corrected chi connectivity index (χ3v) is 5.78. The number of methoxy groups -OCH3 is 1. The second kappa shape index (κ2) is 10.5. The topological polar surface area (TPSA) is 54.1 Å². The first-order valence-corrected chi connectivity index (χ1v) is 9.94. The number of benzene rings is 1. The van der Waals surface area contributed by atoms with Gasteiger partial charge in [0.25, 0.3) is 0 Å². The lowest BCUT2D eigenvalue weighted by Crippen LogP contribution is -2.43. The van der Waals surface area contributed by atoms with E-state index in [-0.39, 0.29) is 30.0 Å². The van der Waals surface area contributed by atoms with Crippen molar-refractivity contribution in [1.82, 2.24) is 9.80 Å². The van der Waals surface area contributed by atoms with Crippen LogP contribution in [-0.4, -0.2) is 67.1 Å². The number of halogens is 1. The molecule has 2 aliphatic heterocycles. The van der Waals surface area contributed by atoms with Gasteiger partial charge in [0, 0.05) is 30.2 Å². The maximum atomic E-state index is 6.26. The average molecular weight is 476 g/mol. The molecule has 3 rings (SSSR count). The molecule has 2 N–H and O–H groups in total. The number of nitrogens with two attached hydrogens (primary N) is 1. The standard InChI is InChI=1S/C18H28N4OS.HI/c1-23-17-7-3-2-6-15(17)16(21-8-4-5-9-21)14-20-18(19)22-10-12-24-13-11-22;/h2-3,6-7,16H,4-5,8-14H2,1H3,(H2,19,20);1H. The van der Waals surface area contributed by atoms with Crippen LogP contribution < -0.4 is 10.5 Å². The van der Waals surface area contributed by atoms with Crippen LogP contribution in [0.25, 0.3) is 0 Å². The van der Waals surface area contributed by atoms with Gasteiger partial charge in [0.1, 0.15) is 5.75 Å². The van der Waals surface area contributed by atoms with Crippen LogP contribution >= 0.6 is 35.7 Å². The lowest BCUT2D eigenvalue weighted by atomic mass is 10.0. The molecule has 0 radical (unpaired) electrons. The Labute approximate surface area is 172 Å². The molecule has 0 bridgehead atoms. The fourth-order valence-electron chi connectivity index (χ4n) is 3.48. The zero-order chi connectivity index (χ0) is 16.8. The molecule has 0 aromatic heterocycles. The number of likely N-dealkylation sites (tertiary alicyclic amines) is 1. The van der Waals surface area contributed by atoms with Crippen LogP contribution in [0.1, 0.15) is 24.4 Å². The Morgan fingerprint density at radius 2 is 1.88 bits per heavy atom. The van der Waals surface area contributed by atoms with Crippen molar-refractivity contribution >= 4 is 41.7 Å². The van der Waals surface area contributed by atoms with Crippen molar-refractivity contribution in [2.45, 2.75) is 18.9 Å². The highest BCUT2D eigenvalue weighted by Gasteiger charge is 2.26. The molecule has 140 valence electrons. The van der Waals surface area contributed by atoms with Crippen molar-refractivity contribution in [3.63, 3.8) is 0 Å². The Hall–Kier alpha value is -0.670. The van der Waals surface area contributed by atoms with E-state index in [1.807, 2.05) is 23.9 Å². The average Bonchev–Trinajstić information content (AvgIpc) is 3.17. The Balaban J connectivity index is 0.00000225. The van der Waals surface area contributed by atoms with Gasteiger partial charge in [-0.25, -0.2) is 0 Å². The molecule has 2 heterocycles. The van der Waals surface area contributed by atoms with Gasteiger partial charge < -0.3 is 15.4 Å². The number of para-hydroxylation sites is 1. The number of nitrogens with zero attached hydrogens (tertiary/aromatic N) is 3. The van der Waals surface area contributed by atoms with Crippen molar-refractivity contribution < 1.29 is 4.74 Å². The van der Waals surface area contributed by atoms with Gasteiger partial charge in [0.2, 0.25) is 0 Å². The van der Waals surface area contributed by atoms with Gasteiger partial charge in [-0.3, -0.25) is 9.89 Å². The summed E-state index contributed by atoms with van der Waals surface area (Å²) < 4.78 is 5.59. The molecule has 1 atom stereocenters. The van der Waals surface area contributed by atoms with Gasteiger partial charge >= 0.3 is 0 Å². The van der Waals surface area contributed by atoms with E-state index in [2.05, 4.69) is 21.9 Å². The van der Waals surface area contributed by atoms with Gasteiger partial charge in [-0.2, -0.15) is 11.8 Å². The number of hydrogen-bond acceptors (Lipinski definition) is 4. The van der Waals surface area contributed by atoms with Crippen LogP contribution in [0.3, 0.4) is 0 Å². The second-order valence-corrected chi connectivity index (χ2v) is 7.52. The molecule has 25 heavy (non-hydrogen) atoms. The van der Waals surface area contributed by atoms with Gasteiger partial charge in [-0.05, 0) is 32.0 Å². The zero-order valence-electron chi connectivity index (χ0n) is 14.9. The van der Waals surface area contributed by atoms with Crippen molar-refractivity contribution in [1.29, 1.82) is 0 Å². The lowest BCUT2D eigenvalue weighted by molar-refractivity contribution is 0.245. The van der Waals surface area contributed by atoms with Crippen LogP contribution in [0.15, 0.2) is 29.3 Å². The summed E-state index contributed by atoms with van der Waals surface area (Å²) in [6.45, 7) is 4.94. The highest BCUT2D eigenvalue weighted by molar-refractivity contribution is 14.0. The summed E-state index contributed by atoms with van der Waals surface area (Å²) in [6, 6.07) is 8.53. The minimum Gasteiger partial charge on any atom is -0.496 e. The summed E-state index contributed by atoms with van der Waals surface area (Å²) in [5.74, 6) is 3.91. The summed E-state index contributed by atoms with van der Waals surface area (Å²) in [7, 11) is 1.74. The van der Waals surface area contributed by atoms with Crippen molar-refractivity contribution in [3.8, 4) is 5.75 Å². The van der Waals surface area contributed by atoms with E-state index in [0.29, 0.717) is 12.5 Å². The van der Waals surface area contributed by atoms with Crippen LogP contribution in [0.4, 0.5) is 0 Å². The SMILES string of the molecule is COc1ccccc1C(CN=C(N)N1CCSCC1)N1CCCC1.I. The molecule has 0 amide bonds. The quantitative estimate of drug-likeness (QED) is 0.403. The normalized spacial score (nSPS) is 20.2. The molecule has 5 nitrogen and oxygen atoms in total. The van der Waals surface area contributed by atoms with Gasteiger partial charge in [-0.1, -0.05) is 18.2 Å². The number of ether oxygens (including phenoxy) is 1. The molecule has 2 aliphatic rings. The van der Waals surface area contributed by atoms with Gasteiger partial charge in [-0.15, -0.1) is 24.0 Å². The molecule has 1 aromatic rings.